The van der Waals surface area contributed by atoms with Crippen LogP contribution >= 0.6 is 11.8 Å². The molecule has 3 N–H and O–H groups in total. The molecule has 0 aliphatic carbocycles. The second-order valence-electron chi connectivity index (χ2n) is 4.75. The number of rotatable bonds is 4. The van der Waals surface area contributed by atoms with Crippen LogP contribution in [0.5, 0.6) is 5.75 Å². The number of ether oxygens (including phenoxy) is 1. The van der Waals surface area contributed by atoms with E-state index in [1.54, 1.807) is 13.2 Å². The highest BCUT2D eigenvalue weighted by molar-refractivity contribution is 8.00. The Balaban J connectivity index is 2.03. The average Bonchev–Trinajstić information content (AvgIpc) is 2.49. The van der Waals surface area contributed by atoms with E-state index in [0.29, 0.717) is 5.69 Å². The zero-order valence-electron chi connectivity index (χ0n) is 11.9. The van der Waals surface area contributed by atoms with Crippen LogP contribution in [0.3, 0.4) is 0 Å². The highest BCUT2D eigenvalue weighted by Crippen LogP contribution is 2.34. The Kier molecular flexibility index (Phi) is 5.14. The molecule has 0 radical (unpaired) electrons. The van der Waals surface area contributed by atoms with Gasteiger partial charge in [0, 0.05) is 37.9 Å². The number of benzene rings is 1. The summed E-state index contributed by atoms with van der Waals surface area (Å²) >= 11 is 1.51. The summed E-state index contributed by atoms with van der Waals surface area (Å²) in [5.74, 6) is 0.894. The molecule has 5 nitrogen and oxygen atoms in total. The highest BCUT2D eigenvalue weighted by Gasteiger charge is 2.23. The second-order valence-corrected chi connectivity index (χ2v) is 6.13. The minimum absolute atomic E-state index is 0.134. The summed E-state index contributed by atoms with van der Waals surface area (Å²) in [6.45, 7) is 5.23. The third kappa shape index (κ3) is 3.58. The SMILES string of the molecule is COc1cc(N)ccc1SC(C)C(=O)N1CCNCC1. The molecular formula is C14H21N3O2S. The number of carbonyl (C=O) groups is 1. The molecule has 0 saturated carbocycles. The van der Waals surface area contributed by atoms with Gasteiger partial charge in [-0.3, -0.25) is 4.79 Å². The van der Waals surface area contributed by atoms with Crippen molar-refractivity contribution in [3.63, 3.8) is 0 Å². The number of piperazine rings is 1. The average molecular weight is 295 g/mol. The van der Waals surface area contributed by atoms with Gasteiger partial charge < -0.3 is 20.7 Å². The van der Waals surface area contributed by atoms with Crippen molar-refractivity contribution in [2.45, 2.75) is 17.1 Å². The number of nitrogens with zero attached hydrogens (tertiary/aromatic N) is 1. The van der Waals surface area contributed by atoms with Crippen molar-refractivity contribution >= 4 is 23.4 Å². The van der Waals surface area contributed by atoms with Gasteiger partial charge in [-0.1, -0.05) is 0 Å². The number of nitrogens with one attached hydrogen (secondary N) is 1. The van der Waals surface area contributed by atoms with E-state index in [9.17, 15) is 4.79 Å². The highest BCUT2D eigenvalue weighted by atomic mass is 32.2. The van der Waals surface area contributed by atoms with Crippen molar-refractivity contribution in [1.29, 1.82) is 0 Å². The summed E-state index contributed by atoms with van der Waals surface area (Å²) in [6, 6.07) is 5.51. The number of hydrogen-bond acceptors (Lipinski definition) is 5. The smallest absolute Gasteiger partial charge is 0.235 e. The van der Waals surface area contributed by atoms with Gasteiger partial charge in [-0.2, -0.15) is 0 Å². The van der Waals surface area contributed by atoms with E-state index in [4.69, 9.17) is 10.5 Å². The van der Waals surface area contributed by atoms with Gasteiger partial charge in [0.1, 0.15) is 5.75 Å². The molecule has 6 heteroatoms. The molecular weight excluding hydrogens is 274 g/mol. The Morgan fingerprint density at radius 1 is 1.45 bits per heavy atom. The van der Waals surface area contributed by atoms with Crippen molar-refractivity contribution < 1.29 is 9.53 Å². The summed E-state index contributed by atoms with van der Waals surface area (Å²) < 4.78 is 5.32. The largest absolute Gasteiger partial charge is 0.496 e. The molecule has 1 amide bonds. The molecule has 1 aliphatic heterocycles. The zero-order valence-corrected chi connectivity index (χ0v) is 12.7. The lowest BCUT2D eigenvalue weighted by Gasteiger charge is -2.29. The molecule has 1 atom stereocenters. The van der Waals surface area contributed by atoms with Crippen LogP contribution in [0.4, 0.5) is 5.69 Å². The molecule has 2 rings (SSSR count). The summed E-state index contributed by atoms with van der Waals surface area (Å²) in [7, 11) is 1.61. The molecule has 0 spiro atoms. The van der Waals surface area contributed by atoms with Crippen LogP contribution in [0.1, 0.15) is 6.92 Å². The number of thioether (sulfide) groups is 1. The molecule has 20 heavy (non-hydrogen) atoms. The first-order valence-electron chi connectivity index (χ1n) is 6.71. The van der Waals surface area contributed by atoms with Crippen molar-refractivity contribution in [3.8, 4) is 5.75 Å². The predicted molar refractivity (Wildman–Crippen MR) is 82.2 cm³/mol. The quantitative estimate of drug-likeness (QED) is 0.645. The van der Waals surface area contributed by atoms with Crippen molar-refractivity contribution in [3.05, 3.63) is 18.2 Å². The molecule has 1 saturated heterocycles. The zero-order chi connectivity index (χ0) is 14.5. The van der Waals surface area contributed by atoms with Crippen LogP contribution in [0, 0.1) is 0 Å². The van der Waals surface area contributed by atoms with Gasteiger partial charge in [0.15, 0.2) is 0 Å². The van der Waals surface area contributed by atoms with Gasteiger partial charge in [-0.05, 0) is 19.1 Å². The molecule has 1 aromatic carbocycles. The predicted octanol–water partition coefficient (Wildman–Crippen LogP) is 1.19. The van der Waals surface area contributed by atoms with Crippen LogP contribution in [-0.4, -0.2) is 49.3 Å². The van der Waals surface area contributed by atoms with Crippen LogP contribution < -0.4 is 15.8 Å². The van der Waals surface area contributed by atoms with Gasteiger partial charge in [0.25, 0.3) is 0 Å². The third-order valence-corrected chi connectivity index (χ3v) is 4.41. The Morgan fingerprint density at radius 2 is 2.15 bits per heavy atom. The van der Waals surface area contributed by atoms with Gasteiger partial charge in [0.2, 0.25) is 5.91 Å². The summed E-state index contributed by atoms with van der Waals surface area (Å²) in [6.07, 6.45) is 0. The summed E-state index contributed by atoms with van der Waals surface area (Å²) in [5.41, 5.74) is 6.40. The van der Waals surface area contributed by atoms with Crippen LogP contribution in [0.15, 0.2) is 23.1 Å². The summed E-state index contributed by atoms with van der Waals surface area (Å²) in [4.78, 5) is 15.2. The number of amides is 1. The fraction of sp³-hybridized carbons (Fsp3) is 0.500. The molecule has 110 valence electrons. The normalized spacial score (nSPS) is 16.8. The van der Waals surface area contributed by atoms with Crippen LogP contribution in [-0.2, 0) is 4.79 Å². The summed E-state index contributed by atoms with van der Waals surface area (Å²) in [5, 5.41) is 3.11. The van der Waals surface area contributed by atoms with Gasteiger partial charge in [-0.15, -0.1) is 11.8 Å². The van der Waals surface area contributed by atoms with Crippen LogP contribution in [0.25, 0.3) is 0 Å². The van der Waals surface area contributed by atoms with Crippen LogP contribution in [0.2, 0.25) is 0 Å². The first kappa shape index (κ1) is 15.0. The lowest BCUT2D eigenvalue weighted by Crippen LogP contribution is -2.48. The lowest BCUT2D eigenvalue weighted by atomic mass is 10.3. The Hall–Kier alpha value is -1.40. The van der Waals surface area contributed by atoms with E-state index >= 15 is 0 Å². The fourth-order valence-corrected chi connectivity index (χ4v) is 3.20. The van der Waals surface area contributed by atoms with Crippen molar-refractivity contribution in [1.82, 2.24) is 10.2 Å². The maximum atomic E-state index is 12.4. The number of nitrogen functional groups attached to an aromatic ring is 1. The van der Waals surface area contributed by atoms with Crippen molar-refractivity contribution in [2.24, 2.45) is 0 Å². The van der Waals surface area contributed by atoms with Gasteiger partial charge in [0.05, 0.1) is 17.3 Å². The minimum Gasteiger partial charge on any atom is -0.496 e. The Bertz CT molecular complexity index is 475. The van der Waals surface area contributed by atoms with E-state index in [1.165, 1.54) is 11.8 Å². The maximum Gasteiger partial charge on any atom is 0.235 e. The molecule has 0 aromatic heterocycles. The van der Waals surface area contributed by atoms with Gasteiger partial charge in [-0.25, -0.2) is 0 Å². The molecule has 0 bridgehead atoms. The molecule has 1 fully saturated rings. The van der Waals surface area contributed by atoms with E-state index < -0.39 is 0 Å². The number of nitrogens with two attached hydrogens (primary N) is 1. The molecule has 1 aliphatic rings. The lowest BCUT2D eigenvalue weighted by molar-refractivity contribution is -0.130. The number of hydrogen-bond donors (Lipinski definition) is 2. The monoisotopic (exact) mass is 295 g/mol. The Morgan fingerprint density at radius 3 is 2.80 bits per heavy atom. The maximum absolute atomic E-state index is 12.4. The first-order chi connectivity index (χ1) is 9.61. The number of anilines is 1. The number of carbonyl (C=O) groups excluding carboxylic acids is 1. The third-order valence-electron chi connectivity index (χ3n) is 3.27. The first-order valence-corrected chi connectivity index (χ1v) is 7.59. The van der Waals surface area contributed by atoms with Gasteiger partial charge >= 0.3 is 0 Å². The number of methoxy groups -OCH3 is 1. The standard InChI is InChI=1S/C14H21N3O2S/c1-10(14(18)17-7-5-16-6-8-17)20-13-4-3-11(15)9-12(13)19-2/h3-4,9-10,16H,5-8,15H2,1-2H3. The Labute approximate surface area is 123 Å². The van der Waals surface area contributed by atoms with E-state index in [-0.39, 0.29) is 11.2 Å². The van der Waals surface area contributed by atoms with E-state index in [1.807, 2.05) is 24.0 Å². The van der Waals surface area contributed by atoms with E-state index in [2.05, 4.69) is 5.32 Å². The molecule has 1 unspecified atom stereocenters. The second kappa shape index (κ2) is 6.85. The minimum atomic E-state index is -0.134. The topological polar surface area (TPSA) is 67.6 Å². The van der Waals surface area contributed by atoms with Crippen molar-refractivity contribution in [2.75, 3.05) is 39.0 Å². The molecule has 1 heterocycles. The fourth-order valence-electron chi connectivity index (χ4n) is 2.16. The van der Waals surface area contributed by atoms with E-state index in [0.717, 1.165) is 36.8 Å². The molecule has 1 aromatic rings.